The number of hydrogen-bond acceptors (Lipinski definition) is 24. The van der Waals surface area contributed by atoms with Gasteiger partial charge in [0.1, 0.15) is 84.6 Å². The molecule has 28 N–H and O–H groups in total. The molecule has 43 nitrogen and oxygen atoms in total. The zero-order valence-corrected chi connectivity index (χ0v) is 61.3. The van der Waals surface area contributed by atoms with Crippen LogP contribution in [-0.4, -0.2) is 261 Å². The number of unbranched alkanes of at least 4 members (excludes halogenated alkanes) is 2. The highest BCUT2D eigenvalue weighted by atomic mass is 16.4. The molecular formula is C64H110N18O25. The van der Waals surface area contributed by atoms with E-state index in [1.165, 1.54) is 6.92 Å². The van der Waals surface area contributed by atoms with Gasteiger partial charge in [0, 0.05) is 25.7 Å². The summed E-state index contributed by atoms with van der Waals surface area (Å²) in [7, 11) is 0. The largest absolute Gasteiger partial charge is 0.481 e. The third kappa shape index (κ3) is 40.2. The molecule has 43 heteroatoms. The maximum absolute atomic E-state index is 14.0. The molecule has 0 bridgehead atoms. The van der Waals surface area contributed by atoms with Crippen LogP contribution in [-0.2, 0) is 91.1 Å². The van der Waals surface area contributed by atoms with Gasteiger partial charge in [0.15, 0.2) is 0 Å². The number of aliphatic carboxylic acids is 4. The smallest absolute Gasteiger partial charge is 0.326 e. The van der Waals surface area contributed by atoms with Crippen molar-refractivity contribution in [3.05, 3.63) is 0 Å². The highest BCUT2D eigenvalue weighted by Gasteiger charge is 2.37. The summed E-state index contributed by atoms with van der Waals surface area (Å²) >= 11 is 0. The molecule has 0 aliphatic heterocycles. The van der Waals surface area contributed by atoms with Crippen molar-refractivity contribution in [3.63, 3.8) is 0 Å². The standard InChI is InChI=1S/C64H110N18O25/c1-30(2)25-43(80-55(97)36(67)28-83)61(103)77-39(15-19-46(68)85)58(100)73-35(8)54(96)82-45(29-84)63(105)81-44(26-31(3)4)62(104)78-41(17-21-49(89)90)60(102)72-33(6)52(94)76-40(16-20-48(87)88)59(101)71-32(5)51(93)75-37(13-9-11-23-65)56(98)69-27-47(86)74-38(14-10-12-24-66)57(99)70-34(7)53(95)79-42(64(106)107)18-22-50(91)92/h30-45,83-84H,9-29,65-67H2,1-8H3,(H2,68,85)(H,69,98)(H,70,99)(H,71,101)(H,72,102)(H,73,100)(H,74,86)(H,75,93)(H,76,94)(H,77,103)(H,78,104)(H,79,95)(H,80,97)(H,81,105)(H,82,96)(H,87,88)(H,89,90)(H,91,92)(H,106,107)/t32-,33-,34-,35-,36-,37-,38-,39-,40-,41-,42-,43-,44-,45-/m0/s1. The van der Waals surface area contributed by atoms with Crippen LogP contribution < -0.4 is 97.4 Å². The molecule has 107 heavy (non-hydrogen) atoms. The normalized spacial score (nSPS) is 15.0. The number of nitrogens with two attached hydrogens (primary N) is 4. The zero-order valence-electron chi connectivity index (χ0n) is 61.3. The molecule has 0 aliphatic rings. The number of primary amides is 1. The minimum atomic E-state index is -1.84. The first-order valence-electron chi connectivity index (χ1n) is 34.8. The van der Waals surface area contributed by atoms with Crippen LogP contribution in [0.15, 0.2) is 0 Å². The number of rotatable bonds is 55. The predicted octanol–water partition coefficient (Wildman–Crippen LogP) is -8.91. The number of nitrogens with one attached hydrogen (secondary N) is 14. The first-order valence-corrected chi connectivity index (χ1v) is 34.8. The molecule has 0 aromatic rings. The number of amides is 15. The van der Waals surface area contributed by atoms with Crippen molar-refractivity contribution in [2.24, 2.45) is 34.8 Å². The van der Waals surface area contributed by atoms with Gasteiger partial charge in [-0.2, -0.15) is 0 Å². The van der Waals surface area contributed by atoms with Gasteiger partial charge in [-0.25, -0.2) is 4.79 Å². The topological polar surface area (TPSA) is 718 Å². The molecule has 0 fully saturated rings. The second kappa shape index (κ2) is 51.0. The second-order valence-electron chi connectivity index (χ2n) is 26.2. The van der Waals surface area contributed by atoms with Gasteiger partial charge in [-0.1, -0.05) is 27.7 Å². The Hall–Kier alpha value is -10.3. The molecule has 0 saturated carbocycles. The highest BCUT2D eigenvalue weighted by Crippen LogP contribution is 2.12. The number of aliphatic hydroxyl groups is 2. The average Bonchev–Trinajstić information content (AvgIpc) is 0.873. The van der Waals surface area contributed by atoms with E-state index in [1.807, 2.05) is 0 Å². The van der Waals surface area contributed by atoms with Crippen LogP contribution in [0.2, 0.25) is 0 Å². The molecule has 606 valence electrons. The van der Waals surface area contributed by atoms with Gasteiger partial charge in [-0.3, -0.25) is 86.3 Å². The van der Waals surface area contributed by atoms with E-state index >= 15 is 0 Å². The zero-order chi connectivity index (χ0) is 82.0. The third-order valence-corrected chi connectivity index (χ3v) is 15.8. The first-order chi connectivity index (χ1) is 50.0. The average molecular weight is 1530 g/mol. The molecular weight excluding hydrogens is 1420 g/mol. The molecule has 0 aromatic heterocycles. The van der Waals surface area contributed by atoms with E-state index in [-0.39, 0.29) is 57.5 Å². The summed E-state index contributed by atoms with van der Waals surface area (Å²) < 4.78 is 0. The molecule has 14 atom stereocenters. The van der Waals surface area contributed by atoms with Crippen molar-refractivity contribution in [1.82, 2.24) is 74.4 Å². The summed E-state index contributed by atoms with van der Waals surface area (Å²) in [5.41, 5.74) is 22.1. The predicted molar refractivity (Wildman–Crippen MR) is 374 cm³/mol. The first kappa shape index (κ1) is 96.7. The monoisotopic (exact) mass is 1530 g/mol. The van der Waals surface area contributed by atoms with Crippen molar-refractivity contribution in [3.8, 4) is 0 Å². The number of carboxylic acid groups (broad SMARTS) is 4. The Labute approximate surface area is 617 Å². The minimum Gasteiger partial charge on any atom is -0.481 e. The maximum atomic E-state index is 14.0. The van der Waals surface area contributed by atoms with E-state index in [9.17, 15) is 117 Å². The van der Waals surface area contributed by atoms with Gasteiger partial charge in [-0.05, 0) is 130 Å². The summed E-state index contributed by atoms with van der Waals surface area (Å²) in [4.78, 5) is 247. The Morgan fingerprint density at radius 1 is 0.308 bits per heavy atom. The summed E-state index contributed by atoms with van der Waals surface area (Å²) in [6, 6.07) is -21.7. The molecule has 0 spiro atoms. The molecule has 15 amide bonds. The Balaban J connectivity index is 6.41. The van der Waals surface area contributed by atoms with Crippen LogP contribution in [0.5, 0.6) is 0 Å². The van der Waals surface area contributed by atoms with Crippen molar-refractivity contribution in [2.45, 2.75) is 243 Å². The Bertz CT molecular complexity index is 3070. The van der Waals surface area contributed by atoms with E-state index < -0.39 is 274 Å². The fourth-order valence-electron chi connectivity index (χ4n) is 9.70. The Kier molecular flexibility index (Phi) is 46.1. The van der Waals surface area contributed by atoms with Gasteiger partial charge in [-0.15, -0.1) is 0 Å². The van der Waals surface area contributed by atoms with Gasteiger partial charge >= 0.3 is 23.9 Å². The van der Waals surface area contributed by atoms with Crippen LogP contribution >= 0.6 is 0 Å². The molecule has 0 aliphatic carbocycles. The summed E-state index contributed by atoms with van der Waals surface area (Å²) in [6.45, 7) is 8.99. The minimum absolute atomic E-state index is 0.0224. The van der Waals surface area contributed by atoms with Crippen LogP contribution in [0, 0.1) is 11.8 Å². The van der Waals surface area contributed by atoms with Crippen LogP contribution in [0.3, 0.4) is 0 Å². The van der Waals surface area contributed by atoms with Crippen molar-refractivity contribution >= 4 is 112 Å². The van der Waals surface area contributed by atoms with Crippen molar-refractivity contribution < 1.29 is 122 Å². The van der Waals surface area contributed by atoms with E-state index in [0.717, 1.165) is 20.8 Å². The fraction of sp³-hybridized carbons (Fsp3) is 0.703. The molecule has 0 unspecified atom stereocenters. The Morgan fingerprint density at radius 2 is 0.589 bits per heavy atom. The van der Waals surface area contributed by atoms with Crippen LogP contribution in [0.1, 0.15) is 158 Å². The molecule has 0 radical (unpaired) electrons. The highest BCUT2D eigenvalue weighted by molar-refractivity contribution is 6.00. The van der Waals surface area contributed by atoms with Crippen LogP contribution in [0.4, 0.5) is 0 Å². The third-order valence-electron chi connectivity index (χ3n) is 15.8. The van der Waals surface area contributed by atoms with E-state index in [4.69, 9.17) is 28.0 Å². The lowest BCUT2D eigenvalue weighted by molar-refractivity contribution is -0.143. The molecule has 0 aromatic carbocycles. The fourth-order valence-corrected chi connectivity index (χ4v) is 9.70. The number of carbonyl (C=O) groups is 19. The van der Waals surface area contributed by atoms with E-state index in [1.54, 1.807) is 27.7 Å². The SMILES string of the molecule is CC(C)C[C@H](NC(=O)[C@H](CO)NC(=O)[C@H](C)NC(=O)[C@H](CCC(N)=O)NC(=O)[C@H](CC(C)C)NC(=O)[C@@H](N)CO)C(=O)N[C@@H](CCC(=O)O)C(=O)N[C@@H](C)C(=O)N[C@@H](CCC(=O)O)C(=O)N[C@@H](C)C(=O)N[C@@H](CCCCN)C(=O)NCC(=O)N[C@@H](CCCCN)C(=O)N[C@@H](C)C(=O)N[C@@H](CCC(=O)O)C(=O)O. The quantitative estimate of drug-likeness (QED) is 0.0252. The lowest BCUT2D eigenvalue weighted by Gasteiger charge is -2.27. The van der Waals surface area contributed by atoms with Gasteiger partial charge < -0.3 is 128 Å². The van der Waals surface area contributed by atoms with Gasteiger partial charge in [0.25, 0.3) is 0 Å². The molecule has 0 saturated heterocycles. The van der Waals surface area contributed by atoms with Gasteiger partial charge in [0.2, 0.25) is 88.6 Å². The summed E-state index contributed by atoms with van der Waals surface area (Å²) in [5.74, 6) is -21.7. The Morgan fingerprint density at radius 3 is 0.907 bits per heavy atom. The van der Waals surface area contributed by atoms with Crippen molar-refractivity contribution in [1.29, 1.82) is 0 Å². The lowest BCUT2D eigenvalue weighted by Crippen LogP contribution is -2.61. The van der Waals surface area contributed by atoms with E-state index in [2.05, 4.69) is 74.4 Å². The number of aliphatic hydroxyl groups excluding tert-OH is 2. The van der Waals surface area contributed by atoms with Crippen LogP contribution in [0.25, 0.3) is 0 Å². The molecule has 0 rings (SSSR count). The van der Waals surface area contributed by atoms with Crippen molar-refractivity contribution in [2.75, 3.05) is 32.8 Å². The molecule has 0 heterocycles. The second-order valence-corrected chi connectivity index (χ2v) is 26.2. The summed E-state index contributed by atoms with van der Waals surface area (Å²) in [6.07, 6.45) is -3.66. The number of carbonyl (C=O) groups excluding carboxylic acids is 15. The van der Waals surface area contributed by atoms with E-state index in [0.29, 0.717) is 12.8 Å². The maximum Gasteiger partial charge on any atom is 0.326 e. The number of hydrogen-bond donors (Lipinski definition) is 24. The lowest BCUT2D eigenvalue weighted by atomic mass is 10.0. The number of carboxylic acids is 4. The summed E-state index contributed by atoms with van der Waals surface area (Å²) in [5, 5.41) is 89.7. The van der Waals surface area contributed by atoms with Gasteiger partial charge in [0.05, 0.1) is 19.8 Å².